The van der Waals surface area contributed by atoms with Gasteiger partial charge >= 0.3 is 0 Å². The van der Waals surface area contributed by atoms with E-state index in [1.54, 1.807) is 17.0 Å². The molecule has 0 fully saturated rings. The summed E-state index contributed by atoms with van der Waals surface area (Å²) in [6.45, 7) is 10.9. The zero-order valence-corrected chi connectivity index (χ0v) is 24.0. The van der Waals surface area contributed by atoms with E-state index in [0.29, 0.717) is 31.2 Å². The van der Waals surface area contributed by atoms with Crippen LogP contribution < -0.4 is 15.5 Å². The Bertz CT molecular complexity index is 1000. The van der Waals surface area contributed by atoms with Gasteiger partial charge in [-0.1, -0.05) is 41.9 Å². The number of nitrogens with zero attached hydrogens (tertiary/aromatic N) is 3. The van der Waals surface area contributed by atoms with Crippen LogP contribution in [0.3, 0.4) is 0 Å². The van der Waals surface area contributed by atoms with Crippen LogP contribution in [0.2, 0.25) is 5.02 Å². The average molecular weight is 559 g/mol. The monoisotopic (exact) mass is 557 g/mol. The largest absolute Gasteiger partial charge is 0.353 e. The summed E-state index contributed by atoms with van der Waals surface area (Å²) in [5.74, 6) is -0.228. The minimum Gasteiger partial charge on any atom is -0.353 e. The molecule has 1 aliphatic heterocycles. The van der Waals surface area contributed by atoms with Crippen LogP contribution in [0, 0.1) is 6.92 Å². The second-order valence-corrected chi connectivity index (χ2v) is 10.3. The number of benzene rings is 2. The van der Waals surface area contributed by atoms with Gasteiger partial charge in [-0.05, 0) is 56.5 Å². The summed E-state index contributed by atoms with van der Waals surface area (Å²) in [7, 11) is 1.79. The predicted molar refractivity (Wildman–Crippen MR) is 152 cm³/mol. The number of carbonyl (C=O) groups excluding carboxylic acids is 2. The van der Waals surface area contributed by atoms with Crippen LogP contribution in [0.1, 0.15) is 37.5 Å². The predicted octanol–water partition coefficient (Wildman–Crippen LogP) is 4.19. The van der Waals surface area contributed by atoms with E-state index >= 15 is 0 Å². The normalized spacial score (nSPS) is 12.7. The van der Waals surface area contributed by atoms with Crippen LogP contribution in [0.15, 0.2) is 42.5 Å². The van der Waals surface area contributed by atoms with Gasteiger partial charge < -0.3 is 15.5 Å². The fourth-order valence-electron chi connectivity index (χ4n) is 3.97. The minimum atomic E-state index is -0.140. The molecule has 0 aromatic heterocycles. The van der Waals surface area contributed by atoms with Gasteiger partial charge in [-0.2, -0.15) is 0 Å². The van der Waals surface area contributed by atoms with Crippen molar-refractivity contribution in [1.29, 1.82) is 0 Å². The van der Waals surface area contributed by atoms with Crippen molar-refractivity contribution in [3.05, 3.63) is 64.2 Å². The summed E-state index contributed by atoms with van der Waals surface area (Å²) >= 11 is 6.26. The lowest BCUT2D eigenvalue weighted by molar-refractivity contribution is -0.145. The second-order valence-electron chi connectivity index (χ2n) is 9.82. The first-order valence-electron chi connectivity index (χ1n) is 11.6. The molecule has 10 heteroatoms. The quantitative estimate of drug-likeness (QED) is 0.452. The molecule has 0 saturated heterocycles. The summed E-state index contributed by atoms with van der Waals surface area (Å²) in [4.78, 5) is 27.8. The molecule has 0 aliphatic carbocycles. The van der Waals surface area contributed by atoms with Gasteiger partial charge in [-0.15, -0.1) is 24.8 Å². The molecule has 2 amide bonds. The number of rotatable bonds is 9. The van der Waals surface area contributed by atoms with E-state index in [1.165, 1.54) is 11.1 Å². The molecule has 7 nitrogen and oxygen atoms in total. The lowest BCUT2D eigenvalue weighted by Gasteiger charge is -2.32. The Balaban J connectivity index is 0.00000324. The second kappa shape index (κ2) is 14.1. The molecule has 0 saturated carbocycles. The van der Waals surface area contributed by atoms with Gasteiger partial charge in [0.05, 0.1) is 13.1 Å². The van der Waals surface area contributed by atoms with Crippen LogP contribution in [-0.4, -0.2) is 60.6 Å². The van der Waals surface area contributed by atoms with Crippen LogP contribution in [0.25, 0.3) is 0 Å². The molecule has 0 bridgehead atoms. The Morgan fingerprint density at radius 2 is 1.61 bits per heavy atom. The number of likely N-dealkylation sites (N-methyl/N-ethyl adjacent to an activating group) is 1. The maximum Gasteiger partial charge on any atom is 0.256 e. The standard InChI is InChI=1S/C26H36ClN5O2.2ClH/c1-19-10-11-22(27)14-23(19)31(17-24(33)28-12-13-29-26(2,3)4)18-25(34)30(5)32-15-20-8-6-7-9-21(20)16-32;;/h6-11,14,29H,12-13,15-18H2,1-5H3,(H,28,33);2*1H. The first kappa shape index (κ1) is 32.0. The Labute approximate surface area is 232 Å². The fourth-order valence-corrected chi connectivity index (χ4v) is 4.14. The van der Waals surface area contributed by atoms with Crippen molar-refractivity contribution in [1.82, 2.24) is 20.7 Å². The molecule has 0 spiro atoms. The van der Waals surface area contributed by atoms with Gasteiger partial charge in [-0.25, -0.2) is 5.01 Å². The van der Waals surface area contributed by atoms with E-state index < -0.39 is 0 Å². The highest BCUT2D eigenvalue weighted by atomic mass is 35.5. The fraction of sp³-hybridized carbons (Fsp3) is 0.462. The molecule has 2 N–H and O–H groups in total. The summed E-state index contributed by atoms with van der Waals surface area (Å²) in [5, 5.41) is 10.6. The number of anilines is 1. The summed E-state index contributed by atoms with van der Waals surface area (Å²) < 4.78 is 0. The van der Waals surface area contributed by atoms with E-state index in [2.05, 4.69) is 43.5 Å². The third kappa shape index (κ3) is 9.12. The van der Waals surface area contributed by atoms with E-state index in [0.717, 1.165) is 11.3 Å². The molecule has 36 heavy (non-hydrogen) atoms. The van der Waals surface area contributed by atoms with Gasteiger partial charge in [0.2, 0.25) is 5.91 Å². The molecular formula is C26H38Cl3N5O2. The number of hydrogen-bond acceptors (Lipinski definition) is 5. The van der Waals surface area contributed by atoms with Crippen molar-refractivity contribution in [3.63, 3.8) is 0 Å². The number of amides is 2. The van der Waals surface area contributed by atoms with Crippen molar-refractivity contribution in [2.45, 2.75) is 46.3 Å². The number of aryl methyl sites for hydroxylation is 1. The van der Waals surface area contributed by atoms with Crippen LogP contribution >= 0.6 is 36.4 Å². The number of nitrogens with one attached hydrogen (secondary N) is 2. The summed E-state index contributed by atoms with van der Waals surface area (Å²) in [6.07, 6.45) is 0. The Hall–Kier alpha value is -2.03. The van der Waals surface area contributed by atoms with Crippen LogP contribution in [0.5, 0.6) is 0 Å². The molecule has 0 unspecified atom stereocenters. The molecular weight excluding hydrogens is 521 g/mol. The zero-order chi connectivity index (χ0) is 24.9. The number of carbonyl (C=O) groups is 2. The number of hydrazine groups is 1. The third-order valence-electron chi connectivity index (χ3n) is 5.88. The van der Waals surface area contributed by atoms with Crippen molar-refractivity contribution < 1.29 is 9.59 Å². The summed E-state index contributed by atoms with van der Waals surface area (Å²) in [5.41, 5.74) is 4.18. The van der Waals surface area contributed by atoms with Crippen molar-refractivity contribution in [3.8, 4) is 0 Å². The van der Waals surface area contributed by atoms with Gasteiger partial charge in [0.25, 0.3) is 5.91 Å². The van der Waals surface area contributed by atoms with Gasteiger partial charge in [0.15, 0.2) is 0 Å². The Morgan fingerprint density at radius 3 is 2.19 bits per heavy atom. The SMILES string of the molecule is Cc1ccc(Cl)cc1N(CC(=O)NCCNC(C)(C)C)CC(=O)N(C)N1Cc2ccccc2C1.Cl.Cl. The average Bonchev–Trinajstić information content (AvgIpc) is 3.21. The minimum absolute atomic E-state index is 0. The molecule has 200 valence electrons. The van der Waals surface area contributed by atoms with Gasteiger partial charge in [0, 0.05) is 49.5 Å². The maximum atomic E-state index is 13.3. The van der Waals surface area contributed by atoms with Crippen LogP contribution in [-0.2, 0) is 22.7 Å². The number of halogens is 3. The van der Waals surface area contributed by atoms with Gasteiger partial charge in [-0.3, -0.25) is 14.6 Å². The topological polar surface area (TPSA) is 67.9 Å². The molecule has 2 aromatic rings. The van der Waals surface area contributed by atoms with E-state index in [9.17, 15) is 9.59 Å². The highest BCUT2D eigenvalue weighted by molar-refractivity contribution is 6.30. The van der Waals surface area contributed by atoms with E-state index in [1.807, 2.05) is 42.3 Å². The molecule has 2 aromatic carbocycles. The lowest BCUT2D eigenvalue weighted by Crippen LogP contribution is -2.48. The van der Waals surface area contributed by atoms with Crippen molar-refractivity contribution in [2.75, 3.05) is 38.1 Å². The Morgan fingerprint density at radius 1 is 1.00 bits per heavy atom. The number of fused-ring (bicyclic) bond motifs is 1. The zero-order valence-electron chi connectivity index (χ0n) is 21.6. The highest BCUT2D eigenvalue weighted by Crippen LogP contribution is 2.26. The van der Waals surface area contributed by atoms with Crippen molar-refractivity contribution in [2.24, 2.45) is 0 Å². The first-order chi connectivity index (χ1) is 16.0. The Kier molecular flexibility index (Phi) is 12.5. The van der Waals surface area contributed by atoms with E-state index in [4.69, 9.17) is 11.6 Å². The maximum absolute atomic E-state index is 13.3. The molecule has 0 atom stereocenters. The summed E-state index contributed by atoms with van der Waals surface area (Å²) in [6, 6.07) is 13.7. The van der Waals surface area contributed by atoms with Crippen LogP contribution in [0.4, 0.5) is 5.69 Å². The lowest BCUT2D eigenvalue weighted by atomic mass is 10.1. The molecule has 1 heterocycles. The number of hydrogen-bond donors (Lipinski definition) is 2. The smallest absolute Gasteiger partial charge is 0.256 e. The molecule has 3 rings (SSSR count). The third-order valence-corrected chi connectivity index (χ3v) is 6.12. The van der Waals surface area contributed by atoms with E-state index in [-0.39, 0.29) is 55.3 Å². The highest BCUT2D eigenvalue weighted by Gasteiger charge is 2.27. The molecule has 1 aliphatic rings. The van der Waals surface area contributed by atoms with Gasteiger partial charge in [0.1, 0.15) is 0 Å². The molecule has 0 radical (unpaired) electrons. The first-order valence-corrected chi connectivity index (χ1v) is 12.0. The van der Waals surface area contributed by atoms with Crippen molar-refractivity contribution >= 4 is 53.9 Å².